The monoisotopic (exact) mass is 530 g/mol. The van der Waals surface area contributed by atoms with Crippen molar-refractivity contribution in [2.75, 3.05) is 0 Å². The van der Waals surface area contributed by atoms with Crippen LogP contribution in [0.4, 0.5) is 0 Å². The van der Waals surface area contributed by atoms with Crippen molar-refractivity contribution < 1.29 is 4.74 Å². The summed E-state index contributed by atoms with van der Waals surface area (Å²) in [7, 11) is 0. The zero-order chi connectivity index (χ0) is 26.4. The number of thiophene rings is 1. The van der Waals surface area contributed by atoms with E-state index < -0.39 is 0 Å². The molecule has 0 saturated carbocycles. The van der Waals surface area contributed by atoms with Gasteiger partial charge in [-0.05, 0) is 34.5 Å². The Morgan fingerprint density at radius 3 is 2.56 bits per heavy atom. The molecule has 4 aromatic heterocycles. The Morgan fingerprint density at radius 2 is 1.72 bits per heavy atom. The van der Waals surface area contributed by atoms with Gasteiger partial charge in [-0.3, -0.25) is 0 Å². The lowest BCUT2D eigenvalue weighted by Gasteiger charge is -2.17. The predicted octanol–water partition coefficient (Wildman–Crippen LogP) is 8.07. The number of aromatic nitrogens is 6. The Bertz CT molecular complexity index is 2100. The minimum atomic E-state index is 0.296. The molecule has 8 heteroatoms. The number of H-pyrrole nitrogens is 2. The van der Waals surface area contributed by atoms with Gasteiger partial charge in [-0.25, -0.2) is 19.9 Å². The number of imidazole rings is 2. The van der Waals surface area contributed by atoms with Crippen molar-refractivity contribution in [3.05, 3.63) is 66.3 Å². The van der Waals surface area contributed by atoms with Crippen LogP contribution in [-0.4, -0.2) is 29.9 Å². The van der Waals surface area contributed by atoms with Crippen LogP contribution in [0.5, 0.6) is 5.75 Å². The third-order valence-corrected chi connectivity index (χ3v) is 8.88. The highest BCUT2D eigenvalue weighted by molar-refractivity contribution is 7.22. The van der Waals surface area contributed by atoms with E-state index in [2.05, 4.69) is 84.0 Å². The quantitative estimate of drug-likeness (QED) is 0.225. The number of nitrogens with zero attached hydrogens (tertiary/aromatic N) is 4. The van der Waals surface area contributed by atoms with Crippen LogP contribution >= 0.6 is 11.3 Å². The molecule has 1 aliphatic heterocycles. The summed E-state index contributed by atoms with van der Waals surface area (Å²) in [5.74, 6) is 3.55. The predicted molar refractivity (Wildman–Crippen MR) is 158 cm³/mol. The maximum atomic E-state index is 6.30. The van der Waals surface area contributed by atoms with Gasteiger partial charge in [-0.1, -0.05) is 45.9 Å². The summed E-state index contributed by atoms with van der Waals surface area (Å²) in [5, 5.41) is 4.44. The molecule has 0 saturated heterocycles. The third-order valence-electron chi connectivity index (χ3n) is 7.68. The molecule has 3 aromatic carbocycles. The first-order valence-electron chi connectivity index (χ1n) is 13.3. The van der Waals surface area contributed by atoms with E-state index in [1.807, 2.05) is 6.20 Å². The minimum absolute atomic E-state index is 0.296. The fourth-order valence-corrected chi connectivity index (χ4v) is 6.77. The first-order chi connectivity index (χ1) is 19.0. The van der Waals surface area contributed by atoms with E-state index in [1.54, 1.807) is 17.7 Å². The molecule has 192 valence electrons. The number of fused-ring (bicyclic) bond motifs is 11. The van der Waals surface area contributed by atoms with Crippen molar-refractivity contribution in [3.63, 3.8) is 0 Å². The second-order valence-electron chi connectivity index (χ2n) is 10.9. The summed E-state index contributed by atoms with van der Waals surface area (Å²) in [6.45, 7) is 9.09. The van der Waals surface area contributed by atoms with E-state index in [0.29, 0.717) is 18.4 Å². The van der Waals surface area contributed by atoms with Crippen LogP contribution in [0, 0.1) is 0 Å². The van der Waals surface area contributed by atoms with Crippen molar-refractivity contribution in [2.24, 2.45) is 0 Å². The molecule has 2 N–H and O–H groups in total. The van der Waals surface area contributed by atoms with Gasteiger partial charge in [0.15, 0.2) is 0 Å². The molecule has 0 aliphatic carbocycles. The van der Waals surface area contributed by atoms with Gasteiger partial charge in [0.25, 0.3) is 0 Å². The molecule has 7 aromatic rings. The first kappa shape index (κ1) is 22.7. The zero-order valence-corrected chi connectivity index (χ0v) is 22.9. The average molecular weight is 531 g/mol. The highest BCUT2D eigenvalue weighted by Crippen LogP contribution is 2.47. The number of hydrogen-bond donors (Lipinski definition) is 2. The molecule has 7 nitrogen and oxygen atoms in total. The van der Waals surface area contributed by atoms with Crippen molar-refractivity contribution in [3.8, 4) is 27.4 Å². The van der Waals surface area contributed by atoms with Crippen molar-refractivity contribution in [1.82, 2.24) is 29.9 Å². The molecular formula is C31H26N6OS. The van der Waals surface area contributed by atoms with Gasteiger partial charge in [0, 0.05) is 39.2 Å². The van der Waals surface area contributed by atoms with Crippen LogP contribution in [0.25, 0.3) is 64.5 Å². The van der Waals surface area contributed by atoms with Gasteiger partial charge in [-0.15, -0.1) is 11.3 Å². The van der Waals surface area contributed by atoms with Gasteiger partial charge in [0.05, 0.1) is 15.9 Å². The molecule has 0 atom stereocenters. The molecular weight excluding hydrogens is 504 g/mol. The summed E-state index contributed by atoms with van der Waals surface area (Å²) >= 11 is 1.77. The Morgan fingerprint density at radius 1 is 0.872 bits per heavy atom. The van der Waals surface area contributed by atoms with Crippen LogP contribution in [0.15, 0.2) is 48.9 Å². The fraction of sp³-hybridized carbons (Fsp3) is 0.226. The van der Waals surface area contributed by atoms with Crippen LogP contribution < -0.4 is 4.74 Å². The largest absolute Gasteiger partial charge is 0.485 e. The molecule has 39 heavy (non-hydrogen) atoms. The van der Waals surface area contributed by atoms with E-state index in [1.165, 1.54) is 10.3 Å². The van der Waals surface area contributed by atoms with E-state index in [0.717, 1.165) is 77.3 Å². The molecule has 0 unspecified atom stereocenters. The second kappa shape index (κ2) is 8.10. The summed E-state index contributed by atoms with van der Waals surface area (Å²) in [6, 6.07) is 13.3. The lowest BCUT2D eigenvalue weighted by molar-refractivity contribution is 0.302. The van der Waals surface area contributed by atoms with E-state index in [4.69, 9.17) is 14.7 Å². The Labute approximate surface area is 228 Å². The van der Waals surface area contributed by atoms with Crippen molar-refractivity contribution >= 4 is 54.1 Å². The Balaban J connectivity index is 1.31. The number of rotatable bonds is 3. The maximum absolute atomic E-state index is 6.30. The number of nitrogens with one attached hydrogen (secondary N) is 2. The topological polar surface area (TPSA) is 92.4 Å². The zero-order valence-electron chi connectivity index (χ0n) is 22.1. The number of benzene rings is 3. The standard InChI is InChI=1S/C31H26N6OS/c1-14(2)30-34-22-12-38-28-19(24(22)35-30)8-6-17-10-23(39-29(17)28)16-5-7-18-20(9-16)21-11-32-13-33-25(21)27-26(18)36-31(37-27)15(3)4/h5-11,13-15H,12H2,1-4H3,(H,34,35)(H,36,37). The molecule has 8 rings (SSSR count). The summed E-state index contributed by atoms with van der Waals surface area (Å²) in [5.41, 5.74) is 7.12. The third kappa shape index (κ3) is 3.27. The average Bonchev–Trinajstić information content (AvgIpc) is 3.69. The van der Waals surface area contributed by atoms with Crippen molar-refractivity contribution in [2.45, 2.75) is 46.1 Å². The highest BCUT2D eigenvalue weighted by atomic mass is 32.1. The van der Waals surface area contributed by atoms with Gasteiger partial charge in [0.1, 0.15) is 47.1 Å². The van der Waals surface area contributed by atoms with E-state index in [9.17, 15) is 0 Å². The second-order valence-corrected chi connectivity index (χ2v) is 12.0. The minimum Gasteiger partial charge on any atom is -0.485 e. The fourth-order valence-electron chi connectivity index (χ4n) is 5.62. The van der Waals surface area contributed by atoms with Gasteiger partial charge >= 0.3 is 0 Å². The first-order valence-corrected chi connectivity index (χ1v) is 14.1. The number of aromatic amines is 2. The molecule has 1 aliphatic rings. The van der Waals surface area contributed by atoms with Crippen molar-refractivity contribution in [1.29, 1.82) is 0 Å². The molecule has 0 spiro atoms. The van der Waals surface area contributed by atoms with Gasteiger partial charge in [0.2, 0.25) is 0 Å². The highest BCUT2D eigenvalue weighted by Gasteiger charge is 2.25. The number of hydrogen-bond acceptors (Lipinski definition) is 6. The van der Waals surface area contributed by atoms with Crippen LogP contribution in [0.3, 0.4) is 0 Å². The maximum Gasteiger partial charge on any atom is 0.147 e. The lowest BCUT2D eigenvalue weighted by Crippen LogP contribution is -2.05. The molecule has 5 heterocycles. The summed E-state index contributed by atoms with van der Waals surface area (Å²) in [6.07, 6.45) is 3.51. The smallest absolute Gasteiger partial charge is 0.147 e. The van der Waals surface area contributed by atoms with Crippen LogP contribution in [0.1, 0.15) is 56.9 Å². The summed E-state index contributed by atoms with van der Waals surface area (Å²) in [4.78, 5) is 27.0. The lowest BCUT2D eigenvalue weighted by atomic mass is 10.0. The van der Waals surface area contributed by atoms with Gasteiger partial charge < -0.3 is 14.7 Å². The number of ether oxygens (including phenoxy) is 1. The van der Waals surface area contributed by atoms with Crippen LogP contribution in [-0.2, 0) is 6.61 Å². The van der Waals surface area contributed by atoms with Gasteiger partial charge in [-0.2, -0.15) is 0 Å². The van der Waals surface area contributed by atoms with E-state index >= 15 is 0 Å². The molecule has 0 fully saturated rings. The Kier molecular flexibility index (Phi) is 4.71. The molecule has 0 radical (unpaired) electrons. The van der Waals surface area contributed by atoms with E-state index in [-0.39, 0.29) is 0 Å². The molecule has 0 amide bonds. The summed E-state index contributed by atoms with van der Waals surface area (Å²) < 4.78 is 7.46. The Hall–Kier alpha value is -4.30. The SMILES string of the molecule is CC(C)c1nc2c([nH]1)-c1ccc3cc(-c4ccc5c(c4)c4cncnc4c4nc(C(C)C)[nH]c54)sc3c1OC2. The molecule has 0 bridgehead atoms. The normalized spacial score (nSPS) is 13.2. The van der Waals surface area contributed by atoms with Crippen LogP contribution in [0.2, 0.25) is 0 Å².